The van der Waals surface area contributed by atoms with E-state index in [2.05, 4.69) is 9.71 Å². The lowest BCUT2D eigenvalue weighted by molar-refractivity contribution is 0.0900. The van der Waals surface area contributed by atoms with Crippen LogP contribution in [-0.2, 0) is 21.4 Å². The molecular weight excluding hydrogens is 402 g/mol. The number of hydrogen-bond acceptors (Lipinski definition) is 5. The summed E-state index contributed by atoms with van der Waals surface area (Å²) in [5, 5.41) is 0.141. The summed E-state index contributed by atoms with van der Waals surface area (Å²) in [5.74, 6) is 0. The number of anilines is 1. The van der Waals surface area contributed by atoms with E-state index in [4.69, 9.17) is 4.74 Å². The highest BCUT2D eigenvalue weighted by Gasteiger charge is 2.33. The number of aromatic nitrogens is 1. The fourth-order valence-electron chi connectivity index (χ4n) is 3.59. The van der Waals surface area contributed by atoms with Crippen LogP contribution in [0.5, 0.6) is 0 Å². The van der Waals surface area contributed by atoms with E-state index in [0.717, 1.165) is 10.9 Å². The Labute approximate surface area is 175 Å². The molecule has 1 N–H and O–H groups in total. The third-order valence-electron chi connectivity index (χ3n) is 5.17. The number of likely N-dealkylation sites (tertiary alicyclic amines) is 1. The zero-order chi connectivity index (χ0) is 21.0. The van der Waals surface area contributed by atoms with Crippen molar-refractivity contribution in [1.29, 1.82) is 0 Å². The summed E-state index contributed by atoms with van der Waals surface area (Å²) in [7, 11) is -3.70. The number of nitrogens with zero attached hydrogens (tertiary/aromatic N) is 2. The Morgan fingerprint density at radius 3 is 2.73 bits per heavy atom. The van der Waals surface area contributed by atoms with Crippen molar-refractivity contribution in [3.8, 4) is 0 Å². The second kappa shape index (κ2) is 8.71. The molecule has 1 aliphatic rings. The van der Waals surface area contributed by atoms with Gasteiger partial charge in [-0.2, -0.15) is 0 Å². The Bertz CT molecular complexity index is 1130. The second-order valence-electron chi connectivity index (χ2n) is 7.28. The van der Waals surface area contributed by atoms with Gasteiger partial charge in [0.15, 0.2) is 0 Å². The van der Waals surface area contributed by atoms with Gasteiger partial charge < -0.3 is 9.64 Å². The number of amides is 1. The van der Waals surface area contributed by atoms with Gasteiger partial charge >= 0.3 is 6.09 Å². The van der Waals surface area contributed by atoms with Crippen molar-refractivity contribution in [2.45, 2.75) is 24.7 Å². The van der Waals surface area contributed by atoms with E-state index in [9.17, 15) is 13.2 Å². The van der Waals surface area contributed by atoms with Gasteiger partial charge in [0.05, 0.1) is 16.5 Å². The molecule has 1 fully saturated rings. The van der Waals surface area contributed by atoms with Crippen LogP contribution < -0.4 is 4.72 Å². The lowest BCUT2D eigenvalue weighted by atomic mass is 10.1. The third-order valence-corrected chi connectivity index (χ3v) is 6.93. The normalized spacial score (nSPS) is 16.9. The molecule has 0 aliphatic carbocycles. The Kier molecular flexibility index (Phi) is 5.85. The smallest absolute Gasteiger partial charge is 0.410 e. The van der Waals surface area contributed by atoms with Gasteiger partial charge in [-0.1, -0.05) is 48.5 Å². The number of nitrogens with one attached hydrogen (secondary N) is 1. The minimum absolute atomic E-state index is 0.0984. The van der Waals surface area contributed by atoms with E-state index < -0.39 is 21.4 Å². The number of para-hydroxylation sites is 1. The summed E-state index contributed by atoms with van der Waals surface area (Å²) in [5.41, 5.74) is 1.92. The van der Waals surface area contributed by atoms with Gasteiger partial charge in [-0.25, -0.2) is 13.2 Å². The lowest BCUT2D eigenvalue weighted by Crippen LogP contribution is -2.46. The molecular formula is C22H23N3O4S. The maximum atomic E-state index is 13.0. The molecule has 0 saturated carbocycles. The number of piperidine rings is 1. The Balaban J connectivity index is 1.43. The van der Waals surface area contributed by atoms with Crippen LogP contribution in [0.25, 0.3) is 10.9 Å². The molecule has 156 valence electrons. The highest BCUT2D eigenvalue weighted by molar-refractivity contribution is 7.93. The summed E-state index contributed by atoms with van der Waals surface area (Å²) in [6, 6.07) is 18.4. The summed E-state index contributed by atoms with van der Waals surface area (Å²) in [4.78, 5) is 18.2. The molecule has 1 amide bonds. The molecule has 2 aromatic carbocycles. The Morgan fingerprint density at radius 2 is 1.90 bits per heavy atom. The van der Waals surface area contributed by atoms with Gasteiger partial charge in [-0.05, 0) is 30.5 Å². The van der Waals surface area contributed by atoms with Crippen molar-refractivity contribution < 1.29 is 17.9 Å². The molecule has 1 saturated heterocycles. The summed E-state index contributed by atoms with van der Waals surface area (Å²) >= 11 is 0. The predicted molar refractivity (Wildman–Crippen MR) is 116 cm³/mol. The number of benzene rings is 2. The molecule has 1 aliphatic heterocycles. The van der Waals surface area contributed by atoms with Crippen LogP contribution in [0.3, 0.4) is 0 Å². The zero-order valence-corrected chi connectivity index (χ0v) is 17.2. The molecule has 8 heteroatoms. The maximum Gasteiger partial charge on any atom is 0.410 e. The molecule has 1 unspecified atom stereocenters. The summed E-state index contributed by atoms with van der Waals surface area (Å²) < 4.78 is 34.1. The summed E-state index contributed by atoms with van der Waals surface area (Å²) in [6.07, 6.45) is 2.21. The van der Waals surface area contributed by atoms with Gasteiger partial charge in [0.1, 0.15) is 6.61 Å². The van der Waals surface area contributed by atoms with E-state index in [1.807, 2.05) is 42.5 Å². The highest BCUT2D eigenvalue weighted by Crippen LogP contribution is 2.25. The first-order chi connectivity index (χ1) is 14.5. The van der Waals surface area contributed by atoms with Gasteiger partial charge in [-0.3, -0.25) is 9.71 Å². The number of pyridine rings is 1. The average Bonchev–Trinajstić information content (AvgIpc) is 2.78. The van der Waals surface area contributed by atoms with Crippen LogP contribution in [0.15, 0.2) is 66.9 Å². The van der Waals surface area contributed by atoms with E-state index in [0.29, 0.717) is 30.6 Å². The number of sulfonamides is 1. The monoisotopic (exact) mass is 425 g/mol. The van der Waals surface area contributed by atoms with Crippen molar-refractivity contribution in [1.82, 2.24) is 9.88 Å². The second-order valence-corrected chi connectivity index (χ2v) is 9.24. The minimum atomic E-state index is -3.70. The fourth-order valence-corrected chi connectivity index (χ4v) is 5.08. The van der Waals surface area contributed by atoms with Gasteiger partial charge in [-0.15, -0.1) is 0 Å². The molecule has 1 atom stereocenters. The Morgan fingerprint density at radius 1 is 1.10 bits per heavy atom. The van der Waals surface area contributed by atoms with Crippen molar-refractivity contribution in [2.75, 3.05) is 17.8 Å². The van der Waals surface area contributed by atoms with E-state index in [1.165, 1.54) is 4.90 Å². The molecule has 1 aromatic heterocycles. The maximum absolute atomic E-state index is 13.0. The van der Waals surface area contributed by atoms with Gasteiger partial charge in [0.2, 0.25) is 10.0 Å². The third kappa shape index (κ3) is 4.54. The van der Waals surface area contributed by atoms with Crippen molar-refractivity contribution in [2.24, 2.45) is 0 Å². The van der Waals surface area contributed by atoms with Crippen LogP contribution in [0.2, 0.25) is 0 Å². The predicted octanol–water partition coefficient (Wildman–Crippen LogP) is 3.78. The largest absolute Gasteiger partial charge is 0.445 e. The van der Waals surface area contributed by atoms with E-state index >= 15 is 0 Å². The van der Waals surface area contributed by atoms with Crippen LogP contribution in [-0.4, -0.2) is 42.7 Å². The molecule has 0 radical (unpaired) electrons. The topological polar surface area (TPSA) is 88.6 Å². The molecule has 30 heavy (non-hydrogen) atoms. The van der Waals surface area contributed by atoms with E-state index in [1.54, 1.807) is 24.4 Å². The average molecular weight is 426 g/mol. The van der Waals surface area contributed by atoms with E-state index in [-0.39, 0.29) is 13.2 Å². The number of fused-ring (bicyclic) bond motifs is 1. The van der Waals surface area contributed by atoms with Gasteiger partial charge in [0.25, 0.3) is 0 Å². The molecule has 0 spiro atoms. The molecule has 4 rings (SSSR count). The summed E-state index contributed by atoms with van der Waals surface area (Å²) in [6.45, 7) is 0.740. The minimum Gasteiger partial charge on any atom is -0.445 e. The lowest BCUT2D eigenvalue weighted by Gasteiger charge is -2.31. The van der Waals surface area contributed by atoms with Crippen LogP contribution in [0, 0.1) is 0 Å². The van der Waals surface area contributed by atoms with Crippen LogP contribution >= 0.6 is 0 Å². The Hall–Kier alpha value is -3.13. The number of hydrogen-bond donors (Lipinski definition) is 1. The van der Waals surface area contributed by atoms with Crippen LogP contribution in [0.1, 0.15) is 18.4 Å². The fraction of sp³-hybridized carbons (Fsp3) is 0.273. The SMILES string of the molecule is O=C(OCc1ccccc1)N1CCCC(S(=O)(=O)Nc2cccc3cccnc23)C1. The first-order valence-corrected chi connectivity index (χ1v) is 11.4. The first kappa shape index (κ1) is 20.2. The quantitative estimate of drug-likeness (QED) is 0.672. The number of ether oxygens (including phenoxy) is 1. The van der Waals surface area contributed by atoms with Crippen LogP contribution in [0.4, 0.5) is 10.5 Å². The molecule has 7 nitrogen and oxygen atoms in total. The molecule has 2 heterocycles. The van der Waals surface area contributed by atoms with Gasteiger partial charge in [0, 0.05) is 24.7 Å². The number of rotatable bonds is 5. The standard InChI is InChI=1S/C22H23N3O4S/c26-22(29-16-17-7-2-1-3-8-17)25-14-6-11-19(15-25)30(27,28)24-20-12-4-9-18-10-5-13-23-21(18)20/h1-5,7-10,12-13,19,24H,6,11,14-16H2. The highest BCUT2D eigenvalue weighted by atomic mass is 32.2. The van der Waals surface area contributed by atoms with Crippen molar-refractivity contribution in [3.05, 3.63) is 72.4 Å². The molecule has 3 aromatic rings. The number of carbonyl (C=O) groups excluding carboxylic acids is 1. The first-order valence-electron chi connectivity index (χ1n) is 9.84. The zero-order valence-electron chi connectivity index (χ0n) is 16.4. The van der Waals surface area contributed by atoms with Crippen molar-refractivity contribution >= 4 is 32.7 Å². The molecule has 0 bridgehead atoms. The van der Waals surface area contributed by atoms with Crippen molar-refractivity contribution in [3.63, 3.8) is 0 Å². The number of carbonyl (C=O) groups is 1.